The van der Waals surface area contributed by atoms with E-state index in [1.165, 1.54) is 6.07 Å². The van der Waals surface area contributed by atoms with Crippen molar-refractivity contribution >= 4 is 5.71 Å². The molecule has 3 nitrogen and oxygen atoms in total. The van der Waals surface area contributed by atoms with E-state index in [1.54, 1.807) is 12.1 Å². The lowest BCUT2D eigenvalue weighted by atomic mass is 10.1. The van der Waals surface area contributed by atoms with E-state index >= 15 is 0 Å². The summed E-state index contributed by atoms with van der Waals surface area (Å²) in [6, 6.07) is 4.60. The van der Waals surface area contributed by atoms with Crippen molar-refractivity contribution in [3.05, 3.63) is 41.7 Å². The van der Waals surface area contributed by atoms with Crippen LogP contribution in [-0.2, 0) is 0 Å². The van der Waals surface area contributed by atoms with Crippen LogP contribution in [0.2, 0.25) is 0 Å². The fourth-order valence-corrected chi connectivity index (χ4v) is 1.31. The van der Waals surface area contributed by atoms with Crippen molar-refractivity contribution in [2.45, 2.75) is 26.7 Å². The van der Waals surface area contributed by atoms with Crippen LogP contribution in [0.15, 0.2) is 30.4 Å². The van der Waals surface area contributed by atoms with Crippen LogP contribution < -0.4 is 4.74 Å². The summed E-state index contributed by atoms with van der Waals surface area (Å²) < 4.78 is 19.0. The highest BCUT2D eigenvalue weighted by Gasteiger charge is 2.07. The Kier molecular flexibility index (Phi) is 8.46. The molecule has 0 fully saturated rings. The van der Waals surface area contributed by atoms with Crippen LogP contribution in [0.5, 0.6) is 5.75 Å². The molecule has 0 saturated heterocycles. The van der Waals surface area contributed by atoms with Crippen LogP contribution in [0.25, 0.3) is 0 Å². The molecule has 2 N–H and O–H groups in total. The Labute approximate surface area is 114 Å². The van der Waals surface area contributed by atoms with Gasteiger partial charge in [0, 0.05) is 24.5 Å². The first-order valence-corrected chi connectivity index (χ1v) is 6.20. The molecule has 0 spiro atoms. The largest absolute Gasteiger partial charge is 0.489 e. The van der Waals surface area contributed by atoms with Crippen molar-refractivity contribution in [2.24, 2.45) is 0 Å². The van der Waals surface area contributed by atoms with Crippen LogP contribution in [0, 0.1) is 11.2 Å². The van der Waals surface area contributed by atoms with Crippen LogP contribution in [0.3, 0.4) is 0 Å². The Morgan fingerprint density at radius 2 is 1.95 bits per heavy atom. The quantitative estimate of drug-likeness (QED) is 0.611. The molecule has 0 aliphatic heterocycles. The maximum Gasteiger partial charge on any atom is 0.135 e. The first kappa shape index (κ1) is 17.3. The molecule has 0 atom stereocenters. The fraction of sp³-hybridized carbons (Fsp3) is 0.400. The summed E-state index contributed by atoms with van der Waals surface area (Å²) in [5, 5.41) is 14.6. The molecule has 19 heavy (non-hydrogen) atoms. The number of hydrogen-bond donors (Lipinski definition) is 2. The Morgan fingerprint density at radius 3 is 2.42 bits per heavy atom. The summed E-state index contributed by atoms with van der Waals surface area (Å²) in [5.74, 6) is 0.0706. The van der Waals surface area contributed by atoms with E-state index in [2.05, 4.69) is 6.58 Å². The van der Waals surface area contributed by atoms with Gasteiger partial charge in [0.25, 0.3) is 0 Å². The van der Waals surface area contributed by atoms with E-state index < -0.39 is 5.82 Å². The molecule has 0 radical (unpaired) electrons. The molecule has 1 aromatic rings. The molecule has 106 valence electrons. The van der Waals surface area contributed by atoms with Gasteiger partial charge in [0.2, 0.25) is 0 Å². The molecular weight excluding hydrogens is 245 g/mol. The molecule has 0 saturated carbocycles. The summed E-state index contributed by atoms with van der Waals surface area (Å²) >= 11 is 0. The predicted octanol–water partition coefficient (Wildman–Crippen LogP) is 3.56. The molecule has 0 aromatic heterocycles. The first-order valence-electron chi connectivity index (χ1n) is 6.20. The SMILES string of the molecule is C=C(CC)COc1ccc(C(=N)CC)c(F)c1.CO. The maximum absolute atomic E-state index is 13.7. The van der Waals surface area contributed by atoms with Crippen molar-refractivity contribution < 1.29 is 14.2 Å². The average molecular weight is 267 g/mol. The number of nitrogens with one attached hydrogen (secondary N) is 1. The molecule has 4 heteroatoms. The Balaban J connectivity index is 0.00000154. The summed E-state index contributed by atoms with van der Waals surface area (Å²) in [7, 11) is 1.00. The highest BCUT2D eigenvalue weighted by atomic mass is 19.1. The van der Waals surface area contributed by atoms with Gasteiger partial charge in [-0.05, 0) is 30.5 Å². The molecule has 0 bridgehead atoms. The van der Waals surface area contributed by atoms with E-state index in [-0.39, 0.29) is 0 Å². The summed E-state index contributed by atoms with van der Waals surface area (Å²) in [5.41, 5.74) is 1.61. The maximum atomic E-state index is 13.7. The van der Waals surface area contributed by atoms with Gasteiger partial charge in [-0.1, -0.05) is 20.4 Å². The summed E-state index contributed by atoms with van der Waals surface area (Å²) in [6.07, 6.45) is 1.37. The van der Waals surface area contributed by atoms with Crippen molar-refractivity contribution in [3.63, 3.8) is 0 Å². The third-order valence-electron chi connectivity index (χ3n) is 2.56. The second kappa shape index (κ2) is 9.28. The van der Waals surface area contributed by atoms with E-state index in [1.807, 2.05) is 13.8 Å². The number of aliphatic hydroxyl groups excluding tert-OH is 1. The molecule has 1 aromatic carbocycles. The standard InChI is InChI=1S/C14H18FNO.CH4O/c1-4-10(3)9-17-11-6-7-12(13(15)8-11)14(16)5-2;1-2/h6-8,16H,3-5,9H2,1-2H3;2H,1H3. The lowest BCUT2D eigenvalue weighted by Gasteiger charge is -2.09. The highest BCUT2D eigenvalue weighted by Crippen LogP contribution is 2.18. The van der Waals surface area contributed by atoms with Gasteiger partial charge in [0.1, 0.15) is 18.2 Å². The lowest BCUT2D eigenvalue weighted by Crippen LogP contribution is -2.03. The van der Waals surface area contributed by atoms with E-state index in [4.69, 9.17) is 15.3 Å². The lowest BCUT2D eigenvalue weighted by molar-refractivity contribution is 0.347. The van der Waals surface area contributed by atoms with E-state index in [0.29, 0.717) is 30.1 Å². The van der Waals surface area contributed by atoms with Crippen LogP contribution in [0.4, 0.5) is 4.39 Å². The first-order chi connectivity index (χ1) is 9.08. The summed E-state index contributed by atoms with van der Waals surface area (Å²) in [4.78, 5) is 0. The Morgan fingerprint density at radius 1 is 1.32 bits per heavy atom. The van der Waals surface area contributed by atoms with Crippen LogP contribution in [-0.4, -0.2) is 24.5 Å². The molecule has 0 aliphatic rings. The molecule has 0 heterocycles. The molecular formula is C15H22FNO2. The third kappa shape index (κ3) is 5.66. The van der Waals surface area contributed by atoms with Gasteiger partial charge < -0.3 is 15.3 Å². The van der Waals surface area contributed by atoms with Gasteiger partial charge in [0.05, 0.1) is 0 Å². The molecule has 0 unspecified atom stereocenters. The Bertz CT molecular complexity index is 430. The fourth-order valence-electron chi connectivity index (χ4n) is 1.31. The van der Waals surface area contributed by atoms with Crippen LogP contribution in [0.1, 0.15) is 32.3 Å². The zero-order valence-electron chi connectivity index (χ0n) is 11.8. The second-order valence-corrected chi connectivity index (χ2v) is 3.87. The minimum absolute atomic E-state index is 0.298. The number of ether oxygens (including phenoxy) is 1. The number of rotatable bonds is 6. The number of benzene rings is 1. The van der Waals surface area contributed by atoms with Crippen molar-refractivity contribution in [3.8, 4) is 5.75 Å². The van der Waals surface area contributed by atoms with Gasteiger partial charge in [-0.3, -0.25) is 0 Å². The van der Waals surface area contributed by atoms with Gasteiger partial charge in [-0.15, -0.1) is 0 Å². The summed E-state index contributed by atoms with van der Waals surface area (Å²) in [6.45, 7) is 8.05. The third-order valence-corrected chi connectivity index (χ3v) is 2.56. The van der Waals surface area contributed by atoms with Crippen molar-refractivity contribution in [1.82, 2.24) is 0 Å². The number of aliphatic hydroxyl groups is 1. The van der Waals surface area contributed by atoms with E-state index in [9.17, 15) is 4.39 Å². The highest BCUT2D eigenvalue weighted by molar-refractivity contribution is 5.98. The van der Waals surface area contributed by atoms with Crippen molar-refractivity contribution in [2.75, 3.05) is 13.7 Å². The predicted molar refractivity (Wildman–Crippen MR) is 76.6 cm³/mol. The van der Waals surface area contributed by atoms with Crippen molar-refractivity contribution in [1.29, 1.82) is 5.41 Å². The van der Waals surface area contributed by atoms with E-state index in [0.717, 1.165) is 19.1 Å². The number of halogens is 1. The monoisotopic (exact) mass is 267 g/mol. The topological polar surface area (TPSA) is 53.3 Å². The van der Waals surface area contributed by atoms with Gasteiger partial charge in [0.15, 0.2) is 0 Å². The minimum atomic E-state index is -0.406. The average Bonchev–Trinajstić information content (AvgIpc) is 2.46. The second-order valence-electron chi connectivity index (χ2n) is 3.87. The normalized spacial score (nSPS) is 9.32. The minimum Gasteiger partial charge on any atom is -0.489 e. The smallest absolute Gasteiger partial charge is 0.135 e. The molecule has 0 amide bonds. The van der Waals surface area contributed by atoms with Gasteiger partial charge in [-0.25, -0.2) is 4.39 Å². The zero-order chi connectivity index (χ0) is 14.8. The number of hydrogen-bond acceptors (Lipinski definition) is 3. The van der Waals surface area contributed by atoms with Gasteiger partial charge >= 0.3 is 0 Å². The molecule has 0 aliphatic carbocycles. The molecule has 1 rings (SSSR count). The Hall–Kier alpha value is -1.68. The zero-order valence-corrected chi connectivity index (χ0v) is 11.8. The van der Waals surface area contributed by atoms with Crippen LogP contribution >= 0.6 is 0 Å². The van der Waals surface area contributed by atoms with Gasteiger partial charge in [-0.2, -0.15) is 0 Å².